The van der Waals surface area contributed by atoms with E-state index in [9.17, 15) is 4.79 Å². The molecule has 0 aliphatic heterocycles. The van der Waals surface area contributed by atoms with Crippen molar-refractivity contribution in [2.75, 3.05) is 38.4 Å². The van der Waals surface area contributed by atoms with Crippen molar-refractivity contribution in [3.05, 3.63) is 42.1 Å². The SMILES string of the molecule is COCc1ccccc1NC(=O)Nc1ccn(CCN(C)C)n1. The van der Waals surface area contributed by atoms with Gasteiger partial charge in [0.25, 0.3) is 0 Å². The Balaban J connectivity index is 1.92. The smallest absolute Gasteiger partial charge is 0.324 e. The third-order valence-electron chi connectivity index (χ3n) is 3.22. The molecule has 2 amide bonds. The first kappa shape index (κ1) is 17.0. The first-order valence-corrected chi connectivity index (χ1v) is 7.41. The molecule has 2 aromatic rings. The molecule has 1 aromatic heterocycles. The van der Waals surface area contributed by atoms with Crippen LogP contribution in [0.1, 0.15) is 5.56 Å². The third-order valence-corrected chi connectivity index (χ3v) is 3.22. The largest absolute Gasteiger partial charge is 0.380 e. The number of nitrogens with zero attached hydrogens (tertiary/aromatic N) is 3. The van der Waals surface area contributed by atoms with Gasteiger partial charge in [-0.05, 0) is 20.2 Å². The van der Waals surface area contributed by atoms with E-state index >= 15 is 0 Å². The van der Waals surface area contributed by atoms with Crippen molar-refractivity contribution in [2.45, 2.75) is 13.2 Å². The Morgan fingerprint density at radius 3 is 2.78 bits per heavy atom. The van der Waals surface area contributed by atoms with Crippen molar-refractivity contribution in [3.8, 4) is 0 Å². The normalized spacial score (nSPS) is 10.8. The maximum atomic E-state index is 12.1. The van der Waals surface area contributed by atoms with E-state index in [4.69, 9.17) is 4.74 Å². The summed E-state index contributed by atoms with van der Waals surface area (Å²) in [5, 5.41) is 9.86. The topological polar surface area (TPSA) is 71.4 Å². The highest BCUT2D eigenvalue weighted by Gasteiger charge is 2.08. The number of hydrogen-bond donors (Lipinski definition) is 2. The average molecular weight is 317 g/mol. The number of aromatic nitrogens is 2. The van der Waals surface area contributed by atoms with E-state index in [2.05, 4.69) is 20.6 Å². The van der Waals surface area contributed by atoms with Crippen molar-refractivity contribution in [1.29, 1.82) is 0 Å². The first-order chi connectivity index (χ1) is 11.1. The van der Waals surface area contributed by atoms with Crippen LogP contribution in [0.4, 0.5) is 16.3 Å². The van der Waals surface area contributed by atoms with Crippen LogP contribution in [0.5, 0.6) is 0 Å². The highest BCUT2D eigenvalue weighted by atomic mass is 16.5. The van der Waals surface area contributed by atoms with Crippen LogP contribution in [0.25, 0.3) is 0 Å². The zero-order chi connectivity index (χ0) is 16.7. The van der Waals surface area contributed by atoms with Crippen LogP contribution in [0.2, 0.25) is 0 Å². The lowest BCUT2D eigenvalue weighted by Crippen LogP contribution is -2.21. The fraction of sp³-hybridized carbons (Fsp3) is 0.375. The highest BCUT2D eigenvalue weighted by Crippen LogP contribution is 2.16. The van der Waals surface area contributed by atoms with Crippen molar-refractivity contribution in [3.63, 3.8) is 0 Å². The Labute approximate surface area is 136 Å². The number of benzene rings is 1. The molecule has 0 fully saturated rings. The Hall–Kier alpha value is -2.38. The van der Waals surface area contributed by atoms with Gasteiger partial charge in [0, 0.05) is 37.2 Å². The number of carbonyl (C=O) groups excluding carboxylic acids is 1. The van der Waals surface area contributed by atoms with E-state index in [0.29, 0.717) is 12.4 Å². The number of urea groups is 1. The molecular weight excluding hydrogens is 294 g/mol. The predicted molar refractivity (Wildman–Crippen MR) is 90.6 cm³/mol. The number of para-hydroxylation sites is 1. The summed E-state index contributed by atoms with van der Waals surface area (Å²) in [6, 6.07) is 8.97. The molecule has 2 N–H and O–H groups in total. The van der Waals surface area contributed by atoms with Gasteiger partial charge in [-0.25, -0.2) is 4.79 Å². The quantitative estimate of drug-likeness (QED) is 0.821. The summed E-state index contributed by atoms with van der Waals surface area (Å²) >= 11 is 0. The van der Waals surface area contributed by atoms with Gasteiger partial charge in [-0.3, -0.25) is 10.00 Å². The number of carbonyl (C=O) groups is 1. The molecule has 0 atom stereocenters. The molecule has 0 aliphatic rings. The lowest BCUT2D eigenvalue weighted by Gasteiger charge is -2.10. The van der Waals surface area contributed by atoms with Gasteiger partial charge in [0.2, 0.25) is 0 Å². The lowest BCUT2D eigenvalue weighted by atomic mass is 10.2. The number of methoxy groups -OCH3 is 1. The summed E-state index contributed by atoms with van der Waals surface area (Å²) in [4.78, 5) is 14.2. The van der Waals surface area contributed by atoms with Gasteiger partial charge < -0.3 is 15.0 Å². The molecular formula is C16H23N5O2. The monoisotopic (exact) mass is 317 g/mol. The third kappa shape index (κ3) is 5.39. The van der Waals surface area contributed by atoms with E-state index in [1.165, 1.54) is 0 Å². The van der Waals surface area contributed by atoms with Crippen LogP contribution in [0, 0.1) is 0 Å². The molecule has 1 heterocycles. The van der Waals surface area contributed by atoms with Crippen LogP contribution in [-0.2, 0) is 17.9 Å². The zero-order valence-corrected chi connectivity index (χ0v) is 13.7. The summed E-state index contributed by atoms with van der Waals surface area (Å²) < 4.78 is 6.93. The second-order valence-corrected chi connectivity index (χ2v) is 5.44. The molecule has 0 radical (unpaired) electrons. The number of ether oxygens (including phenoxy) is 1. The van der Waals surface area contributed by atoms with E-state index < -0.39 is 0 Å². The molecule has 0 aliphatic carbocycles. The summed E-state index contributed by atoms with van der Waals surface area (Å²) in [5.74, 6) is 0.519. The first-order valence-electron chi connectivity index (χ1n) is 7.41. The van der Waals surface area contributed by atoms with E-state index in [0.717, 1.165) is 24.3 Å². The van der Waals surface area contributed by atoms with Gasteiger partial charge >= 0.3 is 6.03 Å². The molecule has 0 saturated heterocycles. The number of rotatable bonds is 7. The number of anilines is 2. The zero-order valence-electron chi connectivity index (χ0n) is 13.7. The molecule has 7 heteroatoms. The van der Waals surface area contributed by atoms with E-state index in [-0.39, 0.29) is 6.03 Å². The fourth-order valence-electron chi connectivity index (χ4n) is 2.05. The number of hydrogen-bond acceptors (Lipinski definition) is 4. The second-order valence-electron chi connectivity index (χ2n) is 5.44. The van der Waals surface area contributed by atoms with Gasteiger partial charge in [-0.15, -0.1) is 0 Å². The van der Waals surface area contributed by atoms with Gasteiger partial charge in [-0.1, -0.05) is 18.2 Å². The summed E-state index contributed by atoms with van der Waals surface area (Å²) in [7, 11) is 5.64. The van der Waals surface area contributed by atoms with Crippen molar-refractivity contribution >= 4 is 17.5 Å². The van der Waals surface area contributed by atoms with Crippen LogP contribution in [0.3, 0.4) is 0 Å². The highest BCUT2D eigenvalue weighted by molar-refractivity contribution is 5.99. The molecule has 124 valence electrons. The van der Waals surface area contributed by atoms with Crippen molar-refractivity contribution in [2.24, 2.45) is 0 Å². The average Bonchev–Trinajstić information content (AvgIpc) is 2.95. The van der Waals surface area contributed by atoms with Crippen LogP contribution >= 0.6 is 0 Å². The number of nitrogens with one attached hydrogen (secondary N) is 2. The van der Waals surface area contributed by atoms with E-state index in [1.54, 1.807) is 17.9 Å². The van der Waals surface area contributed by atoms with Gasteiger partial charge in [-0.2, -0.15) is 5.10 Å². The Morgan fingerprint density at radius 1 is 1.26 bits per heavy atom. The van der Waals surface area contributed by atoms with Gasteiger partial charge in [0.1, 0.15) is 0 Å². The molecule has 7 nitrogen and oxygen atoms in total. The van der Waals surface area contributed by atoms with E-state index in [1.807, 2.05) is 44.6 Å². The molecule has 0 bridgehead atoms. The minimum atomic E-state index is -0.327. The summed E-state index contributed by atoms with van der Waals surface area (Å²) in [6.07, 6.45) is 1.85. The standard InChI is InChI=1S/C16H23N5O2/c1-20(2)10-11-21-9-8-15(19-21)18-16(22)17-14-7-5-4-6-13(14)12-23-3/h4-9H,10-12H2,1-3H3,(H2,17,18,19,22). The minimum Gasteiger partial charge on any atom is -0.380 e. The molecule has 2 rings (SSSR count). The van der Waals surface area contributed by atoms with Crippen LogP contribution < -0.4 is 10.6 Å². The molecule has 0 unspecified atom stereocenters. The predicted octanol–water partition coefficient (Wildman–Crippen LogP) is 2.24. The molecule has 1 aromatic carbocycles. The van der Waals surface area contributed by atoms with Crippen LogP contribution in [-0.4, -0.2) is 48.5 Å². The van der Waals surface area contributed by atoms with Gasteiger partial charge in [0.05, 0.1) is 13.2 Å². The number of likely N-dealkylation sites (N-methyl/N-ethyl adjacent to an activating group) is 1. The van der Waals surface area contributed by atoms with Gasteiger partial charge in [0.15, 0.2) is 5.82 Å². The number of amides is 2. The van der Waals surface area contributed by atoms with Crippen LogP contribution in [0.15, 0.2) is 36.5 Å². The summed E-state index contributed by atoms with van der Waals surface area (Å²) in [5.41, 5.74) is 1.64. The fourth-order valence-corrected chi connectivity index (χ4v) is 2.05. The second kappa shape index (κ2) is 8.30. The maximum Gasteiger partial charge on any atom is 0.324 e. The van der Waals surface area contributed by atoms with Crippen molar-refractivity contribution < 1.29 is 9.53 Å². The Bertz CT molecular complexity index is 639. The molecule has 23 heavy (non-hydrogen) atoms. The maximum absolute atomic E-state index is 12.1. The summed E-state index contributed by atoms with van der Waals surface area (Å²) in [6.45, 7) is 2.10. The Morgan fingerprint density at radius 2 is 2.04 bits per heavy atom. The Kier molecular flexibility index (Phi) is 6.13. The molecule has 0 saturated carbocycles. The molecule has 0 spiro atoms. The lowest BCUT2D eigenvalue weighted by molar-refractivity contribution is 0.185. The van der Waals surface area contributed by atoms with Crippen molar-refractivity contribution in [1.82, 2.24) is 14.7 Å². The minimum absolute atomic E-state index is 0.327.